The maximum absolute atomic E-state index is 11.7. The van der Waals surface area contributed by atoms with Crippen molar-refractivity contribution in [3.63, 3.8) is 0 Å². The van der Waals surface area contributed by atoms with E-state index in [-0.39, 0.29) is 5.97 Å². The van der Waals surface area contributed by atoms with Gasteiger partial charge >= 0.3 is 5.97 Å². The third kappa shape index (κ3) is 5.01. The molecule has 0 unspecified atom stereocenters. The third-order valence-electron chi connectivity index (χ3n) is 3.82. The van der Waals surface area contributed by atoms with Crippen LogP contribution in [-0.4, -0.2) is 34.8 Å². The SMILES string of the molecule is CCOC(=O)c1ccc(Nc2cnnc(N(C)Cc3ccccc3)n2)cc1. The number of esters is 1. The van der Waals surface area contributed by atoms with Crippen molar-refractivity contribution in [2.75, 3.05) is 23.9 Å². The summed E-state index contributed by atoms with van der Waals surface area (Å²) in [4.78, 5) is 18.1. The van der Waals surface area contributed by atoms with Crippen LogP contribution in [0.15, 0.2) is 60.8 Å². The van der Waals surface area contributed by atoms with Crippen LogP contribution in [0.1, 0.15) is 22.8 Å². The van der Waals surface area contributed by atoms with E-state index in [4.69, 9.17) is 4.74 Å². The maximum atomic E-state index is 11.7. The number of ether oxygens (including phenoxy) is 1. The molecule has 0 radical (unpaired) electrons. The number of rotatable bonds is 7. The van der Waals surface area contributed by atoms with E-state index in [1.807, 2.05) is 30.1 Å². The van der Waals surface area contributed by atoms with Gasteiger partial charge < -0.3 is 15.0 Å². The van der Waals surface area contributed by atoms with Crippen LogP contribution in [0, 0.1) is 0 Å². The van der Waals surface area contributed by atoms with E-state index in [1.54, 1.807) is 37.4 Å². The third-order valence-corrected chi connectivity index (χ3v) is 3.82. The van der Waals surface area contributed by atoms with Crippen LogP contribution in [0.2, 0.25) is 0 Å². The molecule has 138 valence electrons. The Morgan fingerprint density at radius 2 is 1.85 bits per heavy atom. The normalized spacial score (nSPS) is 10.3. The van der Waals surface area contributed by atoms with Gasteiger partial charge in [0.2, 0.25) is 5.95 Å². The standard InChI is InChI=1S/C20H21N5O2/c1-3-27-19(26)16-9-11-17(12-10-16)22-18-13-21-24-20(23-18)25(2)14-15-7-5-4-6-8-15/h4-13H,3,14H2,1-2H3,(H,22,23,24). The van der Waals surface area contributed by atoms with Gasteiger partial charge in [0, 0.05) is 19.3 Å². The Labute approximate surface area is 158 Å². The number of aromatic nitrogens is 3. The molecule has 3 aromatic rings. The van der Waals surface area contributed by atoms with Gasteiger partial charge in [0.15, 0.2) is 5.82 Å². The molecule has 0 fully saturated rings. The zero-order valence-corrected chi connectivity index (χ0v) is 15.3. The molecule has 3 rings (SSSR count). The number of benzene rings is 2. The van der Waals surface area contributed by atoms with Crippen LogP contribution in [0.4, 0.5) is 17.5 Å². The second-order valence-corrected chi connectivity index (χ2v) is 5.91. The van der Waals surface area contributed by atoms with Crippen molar-refractivity contribution >= 4 is 23.4 Å². The van der Waals surface area contributed by atoms with E-state index in [0.717, 1.165) is 11.3 Å². The van der Waals surface area contributed by atoms with E-state index in [0.29, 0.717) is 30.5 Å². The molecular formula is C20H21N5O2. The molecule has 0 atom stereocenters. The Balaban J connectivity index is 1.67. The predicted molar refractivity (Wildman–Crippen MR) is 104 cm³/mol. The molecule has 0 amide bonds. The van der Waals surface area contributed by atoms with Gasteiger partial charge in [-0.1, -0.05) is 30.3 Å². The first-order valence-corrected chi connectivity index (χ1v) is 8.64. The second-order valence-electron chi connectivity index (χ2n) is 5.91. The fourth-order valence-corrected chi connectivity index (χ4v) is 2.50. The molecule has 0 saturated carbocycles. The molecule has 1 heterocycles. The Bertz CT molecular complexity index is 884. The quantitative estimate of drug-likeness (QED) is 0.644. The molecule has 0 bridgehead atoms. The van der Waals surface area contributed by atoms with Gasteiger partial charge in [0.25, 0.3) is 0 Å². The Kier molecular flexibility index (Phi) is 5.94. The van der Waals surface area contributed by atoms with E-state index in [1.165, 1.54) is 0 Å². The van der Waals surface area contributed by atoms with Crippen LogP contribution in [-0.2, 0) is 11.3 Å². The molecule has 1 N–H and O–H groups in total. The maximum Gasteiger partial charge on any atom is 0.338 e. The lowest BCUT2D eigenvalue weighted by Gasteiger charge is -2.17. The van der Waals surface area contributed by atoms with Crippen molar-refractivity contribution < 1.29 is 9.53 Å². The summed E-state index contributed by atoms with van der Waals surface area (Å²) in [5.41, 5.74) is 2.46. The second kappa shape index (κ2) is 8.75. The topological polar surface area (TPSA) is 80.2 Å². The molecule has 0 aliphatic heterocycles. The number of hydrogen-bond acceptors (Lipinski definition) is 7. The van der Waals surface area contributed by atoms with Gasteiger partial charge in [-0.3, -0.25) is 0 Å². The number of carbonyl (C=O) groups excluding carboxylic acids is 1. The average molecular weight is 363 g/mol. The molecule has 7 heteroatoms. The number of hydrogen-bond donors (Lipinski definition) is 1. The van der Waals surface area contributed by atoms with Gasteiger partial charge in [-0.2, -0.15) is 10.1 Å². The molecule has 0 saturated heterocycles. The summed E-state index contributed by atoms with van der Waals surface area (Å²) in [6.07, 6.45) is 1.55. The summed E-state index contributed by atoms with van der Waals surface area (Å²) in [5.74, 6) is 0.758. The first-order valence-electron chi connectivity index (χ1n) is 8.64. The highest BCUT2D eigenvalue weighted by atomic mass is 16.5. The van der Waals surface area contributed by atoms with Gasteiger partial charge in [-0.15, -0.1) is 5.10 Å². The Morgan fingerprint density at radius 3 is 2.56 bits per heavy atom. The summed E-state index contributed by atoms with van der Waals surface area (Å²) < 4.78 is 4.98. The van der Waals surface area contributed by atoms with Crippen molar-refractivity contribution in [3.05, 3.63) is 71.9 Å². The van der Waals surface area contributed by atoms with Crippen LogP contribution < -0.4 is 10.2 Å². The molecule has 1 aromatic heterocycles. The van der Waals surface area contributed by atoms with Gasteiger partial charge in [-0.25, -0.2) is 4.79 Å². The van der Waals surface area contributed by atoms with Gasteiger partial charge in [-0.05, 0) is 36.8 Å². The largest absolute Gasteiger partial charge is 0.462 e. The van der Waals surface area contributed by atoms with Crippen molar-refractivity contribution in [3.8, 4) is 0 Å². The minimum Gasteiger partial charge on any atom is -0.462 e. The lowest BCUT2D eigenvalue weighted by molar-refractivity contribution is 0.0526. The number of carbonyl (C=O) groups is 1. The van der Waals surface area contributed by atoms with Gasteiger partial charge in [0.05, 0.1) is 18.4 Å². The summed E-state index contributed by atoms with van der Waals surface area (Å²) in [5, 5.41) is 11.3. The van der Waals surface area contributed by atoms with Crippen molar-refractivity contribution in [1.82, 2.24) is 15.2 Å². The average Bonchev–Trinajstić information content (AvgIpc) is 2.70. The summed E-state index contributed by atoms with van der Waals surface area (Å²) >= 11 is 0. The lowest BCUT2D eigenvalue weighted by Crippen LogP contribution is -2.19. The van der Waals surface area contributed by atoms with E-state index in [2.05, 4.69) is 32.6 Å². The first kappa shape index (κ1) is 18.3. The van der Waals surface area contributed by atoms with Crippen molar-refractivity contribution in [2.45, 2.75) is 13.5 Å². The Hall–Kier alpha value is -3.48. The molecule has 0 aliphatic rings. The van der Waals surface area contributed by atoms with Gasteiger partial charge in [0.1, 0.15) is 0 Å². The van der Waals surface area contributed by atoms with E-state index in [9.17, 15) is 4.79 Å². The number of anilines is 3. The van der Waals surface area contributed by atoms with Crippen LogP contribution >= 0.6 is 0 Å². The summed E-state index contributed by atoms with van der Waals surface area (Å²) in [6, 6.07) is 17.1. The summed E-state index contributed by atoms with van der Waals surface area (Å²) in [6.45, 7) is 2.81. The minimum absolute atomic E-state index is 0.336. The highest BCUT2D eigenvalue weighted by Crippen LogP contribution is 2.17. The fraction of sp³-hybridized carbons (Fsp3) is 0.200. The first-order chi connectivity index (χ1) is 13.2. The summed E-state index contributed by atoms with van der Waals surface area (Å²) in [7, 11) is 1.92. The highest BCUT2D eigenvalue weighted by molar-refractivity contribution is 5.89. The minimum atomic E-state index is -0.336. The van der Waals surface area contributed by atoms with Crippen molar-refractivity contribution in [2.24, 2.45) is 0 Å². The molecule has 27 heavy (non-hydrogen) atoms. The molecular weight excluding hydrogens is 342 g/mol. The van der Waals surface area contributed by atoms with Crippen LogP contribution in [0.3, 0.4) is 0 Å². The van der Waals surface area contributed by atoms with E-state index >= 15 is 0 Å². The monoisotopic (exact) mass is 363 g/mol. The zero-order chi connectivity index (χ0) is 19.1. The van der Waals surface area contributed by atoms with E-state index < -0.39 is 0 Å². The Morgan fingerprint density at radius 1 is 1.11 bits per heavy atom. The predicted octanol–water partition coefficient (Wildman–Crippen LogP) is 3.43. The molecule has 7 nitrogen and oxygen atoms in total. The fourth-order valence-electron chi connectivity index (χ4n) is 2.50. The van der Waals surface area contributed by atoms with Crippen LogP contribution in [0.5, 0.6) is 0 Å². The number of nitrogens with zero attached hydrogens (tertiary/aromatic N) is 4. The zero-order valence-electron chi connectivity index (χ0n) is 15.3. The molecule has 0 aliphatic carbocycles. The highest BCUT2D eigenvalue weighted by Gasteiger charge is 2.09. The van der Waals surface area contributed by atoms with Crippen molar-refractivity contribution in [1.29, 1.82) is 0 Å². The molecule has 2 aromatic carbocycles. The van der Waals surface area contributed by atoms with Crippen LogP contribution in [0.25, 0.3) is 0 Å². The number of nitrogens with one attached hydrogen (secondary N) is 1. The molecule has 0 spiro atoms. The lowest BCUT2D eigenvalue weighted by atomic mass is 10.2. The smallest absolute Gasteiger partial charge is 0.338 e.